The van der Waals surface area contributed by atoms with Crippen LogP contribution in [0.5, 0.6) is 0 Å². The van der Waals surface area contributed by atoms with Gasteiger partial charge in [0.2, 0.25) is 5.91 Å². The highest BCUT2D eigenvalue weighted by molar-refractivity contribution is 6.41. The van der Waals surface area contributed by atoms with E-state index in [1.807, 2.05) is 94.2 Å². The molecule has 0 saturated heterocycles. The summed E-state index contributed by atoms with van der Waals surface area (Å²) in [4.78, 5) is 156. The number of benzene rings is 10. The van der Waals surface area contributed by atoms with Crippen molar-refractivity contribution in [1.82, 2.24) is 16.0 Å². The summed E-state index contributed by atoms with van der Waals surface area (Å²) in [6.07, 6.45) is 0.973. The van der Waals surface area contributed by atoms with Gasteiger partial charge in [-0.3, -0.25) is 33.6 Å². The number of Topliss-reactive ketones (excluding diaryl/α,β-unsaturated/α-hetero) is 1. The molecular weight excluding hydrogens is 1740 g/mol. The van der Waals surface area contributed by atoms with Crippen LogP contribution in [-0.2, 0) is 81.4 Å². The summed E-state index contributed by atoms with van der Waals surface area (Å²) in [6, 6.07) is 53.2. The Balaban J connectivity index is 0.000000206. The third-order valence-electron chi connectivity index (χ3n) is 19.5. The maximum Gasteiger partial charge on any atom is 0.346 e. The van der Waals surface area contributed by atoms with Gasteiger partial charge in [-0.1, -0.05) is 148 Å². The number of methoxy groups -OCH3 is 3. The summed E-state index contributed by atoms with van der Waals surface area (Å²) in [5.41, 5.74) is 28.7. The Kier molecular flexibility index (Phi) is 35.4. The molecule has 126 heavy (non-hydrogen) atoms. The normalized spacial score (nSPS) is 12.3. The number of carbonyl (C=O) groups excluding carboxylic acids is 11. The Bertz CT molecular complexity index is 5680. The number of nitrogens with two attached hydrogens (primary N) is 3. The predicted molar refractivity (Wildman–Crippen MR) is 491 cm³/mol. The number of nitrogen functional groups attached to an aromatic ring is 3. The second-order valence-corrected chi connectivity index (χ2v) is 31.6. The maximum atomic E-state index is 13.3. The molecule has 2 aliphatic rings. The van der Waals surface area contributed by atoms with Crippen LogP contribution in [0.4, 0.5) is 45.5 Å². The SMILES string of the molecule is CN(C)c1ccc(N)c(C(=O)O)c1.CN(C)c1ccc2c(c1)C(=O)OC(=O)C2.COC(=O)[C@H](Cc1ccc(CC(=O)c2cc(N(C)C)ccc2N)cc1)NC(=O)c1c(Cl)cccc1Cl.COC(=O)[C@H](Cc1ccc(N)cc1)NC(=O)c1c(Cl)cccc1Cl.COC(=O)[C@H](Cc1ccc(N2C(=O)Cc3ccc(N(C)C)cc3C2=O)cc1)NC(=O)c1c(Cl)cccc1Cl. The van der Waals surface area contributed by atoms with Gasteiger partial charge in [-0.05, 0) is 155 Å². The Morgan fingerprint density at radius 2 is 0.746 bits per heavy atom. The van der Waals surface area contributed by atoms with Crippen LogP contribution in [0.25, 0.3) is 0 Å². The molecule has 0 fully saturated rings. The summed E-state index contributed by atoms with van der Waals surface area (Å²) < 4.78 is 19.0. The molecule has 0 spiro atoms. The summed E-state index contributed by atoms with van der Waals surface area (Å²) in [6.45, 7) is 0. The molecule has 2 aliphatic heterocycles. The van der Waals surface area contributed by atoms with Crippen LogP contribution in [0, 0.1) is 0 Å². The van der Waals surface area contributed by atoms with Gasteiger partial charge in [-0.2, -0.15) is 0 Å². The van der Waals surface area contributed by atoms with Crippen molar-refractivity contribution in [2.24, 2.45) is 0 Å². The van der Waals surface area contributed by atoms with E-state index in [1.165, 1.54) is 33.5 Å². The van der Waals surface area contributed by atoms with Crippen molar-refractivity contribution in [3.8, 4) is 0 Å². The van der Waals surface area contributed by atoms with E-state index in [0.717, 1.165) is 49.9 Å². The molecule has 10 aromatic rings. The monoisotopic (exact) mass is 1830 g/mol. The number of amides is 5. The minimum absolute atomic E-state index is 0.0555. The molecule has 2 heterocycles. The summed E-state index contributed by atoms with van der Waals surface area (Å²) >= 11 is 36.5. The average molecular weight is 1840 g/mol. The molecule has 658 valence electrons. The number of carboxylic acids is 1. The minimum atomic E-state index is -1.03. The number of hydrogen-bond donors (Lipinski definition) is 7. The number of ether oxygens (including phenoxy) is 4. The molecule has 0 unspecified atom stereocenters. The molecule has 0 aliphatic carbocycles. The number of fused-ring (bicyclic) bond motifs is 2. The highest BCUT2D eigenvalue weighted by Gasteiger charge is 2.35. The largest absolute Gasteiger partial charge is 0.478 e. The van der Waals surface area contributed by atoms with E-state index < -0.39 is 77.6 Å². The first kappa shape index (κ1) is 98.2. The molecular formula is C92H91Cl6N11O17. The van der Waals surface area contributed by atoms with Crippen LogP contribution >= 0.6 is 69.6 Å². The number of esters is 5. The molecule has 10 aromatic carbocycles. The van der Waals surface area contributed by atoms with Crippen molar-refractivity contribution < 1.29 is 81.6 Å². The third kappa shape index (κ3) is 26.4. The van der Waals surface area contributed by atoms with Gasteiger partial charge in [0.15, 0.2) is 5.78 Å². The molecule has 12 rings (SSSR count). The van der Waals surface area contributed by atoms with Crippen LogP contribution in [0.3, 0.4) is 0 Å². The summed E-state index contributed by atoms with van der Waals surface area (Å²) in [7, 11) is 18.7. The number of carbonyl (C=O) groups is 12. The maximum absolute atomic E-state index is 13.3. The number of carboxylic acid groups (broad SMARTS) is 1. The molecule has 34 heteroatoms. The number of nitrogens with zero attached hydrogens (tertiary/aromatic N) is 5. The van der Waals surface area contributed by atoms with Crippen molar-refractivity contribution in [2.45, 2.75) is 56.7 Å². The predicted octanol–water partition coefficient (Wildman–Crippen LogP) is 14.0. The van der Waals surface area contributed by atoms with Gasteiger partial charge in [0, 0.05) is 133 Å². The molecule has 10 N–H and O–H groups in total. The second kappa shape index (κ2) is 45.4. The van der Waals surface area contributed by atoms with E-state index in [-0.39, 0.29) is 108 Å². The third-order valence-corrected chi connectivity index (χ3v) is 21.4. The van der Waals surface area contributed by atoms with E-state index in [0.29, 0.717) is 44.9 Å². The zero-order chi connectivity index (χ0) is 92.7. The Labute approximate surface area is 757 Å². The molecule has 0 saturated carbocycles. The standard InChI is InChI=1S/C28H25Cl2N3O5.C27H27Cl2N3O4.C17H16Cl2N2O3.C11H11NO3.C9H12N2O2/c1-32(2)19-12-9-17-14-24(34)33(27(36)20(17)15-19)18-10-7-16(8-11-18)13-23(28(37)38-3)31-26(35)25-21(29)5-4-6-22(25)30;1-32(2)18-11-12-22(30)19(15-18)24(33)14-17-9-7-16(8-10-17)13-23(27(35)36-3)31-26(34)25-20(28)5-4-6-21(25)29;1-24-17(23)14(9-10-5-7-11(20)8-6-10)21-16(22)15-12(18)3-2-4-13(15)19;1-12(2)8-4-3-7-5-10(13)15-11(14)9(7)6-8;1-11(2)6-3-4-8(10)7(5-6)9(12)13/h4-12,15,23H,13-14H2,1-3H3,(H,31,35);4-12,15,23H,13-14,30H2,1-3H3,(H,31,34);2-8,14H,9,20H2,1H3,(H,21,22);3-4,6H,5H2,1-2H3;3-5H,10H2,1-2H3,(H,12,13)/t2*23-;14-;;/m000../s1. The Morgan fingerprint density at radius 1 is 0.421 bits per heavy atom. The average Bonchev–Trinajstić information content (AvgIpc) is 0.765. The summed E-state index contributed by atoms with van der Waals surface area (Å²) in [5.74, 6) is -6.43. The topological polar surface area (TPSA) is 392 Å². The van der Waals surface area contributed by atoms with Crippen molar-refractivity contribution in [1.29, 1.82) is 0 Å². The number of nitrogens with one attached hydrogen (secondary N) is 3. The molecule has 0 radical (unpaired) electrons. The van der Waals surface area contributed by atoms with E-state index in [2.05, 4.69) is 20.7 Å². The number of aromatic carboxylic acids is 1. The quantitative estimate of drug-likeness (QED) is 0.00737. The van der Waals surface area contributed by atoms with Crippen molar-refractivity contribution in [3.63, 3.8) is 0 Å². The fourth-order valence-corrected chi connectivity index (χ4v) is 14.3. The van der Waals surface area contributed by atoms with E-state index >= 15 is 0 Å². The highest BCUT2D eigenvalue weighted by Crippen LogP contribution is 2.33. The van der Waals surface area contributed by atoms with E-state index in [1.54, 1.807) is 170 Å². The molecule has 0 bridgehead atoms. The van der Waals surface area contributed by atoms with E-state index in [9.17, 15) is 57.5 Å². The van der Waals surface area contributed by atoms with Gasteiger partial charge in [-0.25, -0.2) is 28.9 Å². The number of rotatable bonds is 24. The zero-order valence-corrected chi connectivity index (χ0v) is 74.8. The van der Waals surface area contributed by atoms with Gasteiger partial charge < -0.3 is 76.8 Å². The first-order valence-electron chi connectivity index (χ1n) is 38.3. The Morgan fingerprint density at radius 3 is 1.12 bits per heavy atom. The lowest BCUT2D eigenvalue weighted by atomic mass is 9.96. The fraction of sp³-hybridized carbons (Fsp3) is 0.217. The Hall–Kier alpha value is -13.2. The van der Waals surface area contributed by atoms with Gasteiger partial charge in [0.05, 0.1) is 97.8 Å². The highest BCUT2D eigenvalue weighted by atomic mass is 35.5. The van der Waals surface area contributed by atoms with Crippen LogP contribution in [0.2, 0.25) is 30.1 Å². The lowest BCUT2D eigenvalue weighted by molar-refractivity contribution is -0.143. The van der Waals surface area contributed by atoms with Gasteiger partial charge >= 0.3 is 35.8 Å². The number of imide groups is 1. The van der Waals surface area contributed by atoms with Crippen LogP contribution in [-0.4, -0.2) is 172 Å². The first-order valence-corrected chi connectivity index (χ1v) is 40.6. The fourth-order valence-electron chi connectivity index (χ4n) is 12.6. The first-order chi connectivity index (χ1) is 59.7. The van der Waals surface area contributed by atoms with Gasteiger partial charge in [0.25, 0.3) is 23.6 Å². The lowest BCUT2D eigenvalue weighted by Crippen LogP contribution is -2.43. The molecule has 3 atom stereocenters. The zero-order valence-electron chi connectivity index (χ0n) is 70.2. The summed E-state index contributed by atoms with van der Waals surface area (Å²) in [5, 5.41) is 17.7. The minimum Gasteiger partial charge on any atom is -0.478 e. The second-order valence-electron chi connectivity index (χ2n) is 29.1. The van der Waals surface area contributed by atoms with Gasteiger partial charge in [0.1, 0.15) is 18.1 Å². The molecule has 0 aromatic heterocycles. The van der Waals surface area contributed by atoms with E-state index in [4.69, 9.17) is 106 Å². The number of anilines is 8. The van der Waals surface area contributed by atoms with Crippen molar-refractivity contribution in [2.75, 3.05) is 119 Å². The van der Waals surface area contributed by atoms with Gasteiger partial charge in [-0.15, -0.1) is 0 Å². The van der Waals surface area contributed by atoms with Crippen molar-refractivity contribution in [3.05, 3.63) is 303 Å². The lowest BCUT2D eigenvalue weighted by Gasteiger charge is -2.28. The number of cyclic esters (lactones) is 2. The van der Waals surface area contributed by atoms with Crippen LogP contribution in [0.15, 0.2) is 200 Å². The number of hydrogen-bond acceptors (Lipinski definition) is 23. The molecule has 5 amide bonds. The number of ketones is 1. The number of halogens is 6. The smallest absolute Gasteiger partial charge is 0.346 e. The van der Waals surface area contributed by atoms with Crippen LogP contribution in [0.1, 0.15) is 106 Å². The van der Waals surface area contributed by atoms with Crippen molar-refractivity contribution >= 4 is 186 Å². The molecule has 28 nitrogen and oxygen atoms in total. The van der Waals surface area contributed by atoms with Crippen LogP contribution < -0.4 is 57.7 Å².